The second-order valence-corrected chi connectivity index (χ2v) is 14.5. The van der Waals surface area contributed by atoms with Gasteiger partial charge in [0.15, 0.2) is 5.96 Å². The summed E-state index contributed by atoms with van der Waals surface area (Å²) in [6.07, 6.45) is 3.82. The molecule has 0 bridgehead atoms. The van der Waals surface area contributed by atoms with Gasteiger partial charge in [0.05, 0.1) is 12.1 Å². The van der Waals surface area contributed by atoms with Crippen LogP contribution in [-0.2, 0) is 28.8 Å². The van der Waals surface area contributed by atoms with E-state index in [1.54, 1.807) is 0 Å². The summed E-state index contributed by atoms with van der Waals surface area (Å²) >= 11 is 0. The van der Waals surface area contributed by atoms with E-state index >= 15 is 0 Å². The van der Waals surface area contributed by atoms with Crippen molar-refractivity contribution >= 4 is 41.5 Å². The fourth-order valence-electron chi connectivity index (χ4n) is 6.55. The van der Waals surface area contributed by atoms with Crippen LogP contribution in [-0.4, -0.2) is 175 Å². The molecule has 2 fully saturated rings. The molecule has 0 spiro atoms. The van der Waals surface area contributed by atoms with Gasteiger partial charge in [0.1, 0.15) is 30.7 Å². The Balaban J connectivity index is 2.27. The summed E-state index contributed by atoms with van der Waals surface area (Å²) in [5.74, 6) is -4.22. The number of carboxylic acids is 1. The minimum atomic E-state index is -1.26. The van der Waals surface area contributed by atoms with Gasteiger partial charge in [-0.05, 0) is 99.1 Å². The minimum absolute atomic E-state index is 0.0806. The smallest absolute Gasteiger partial charge is 0.322 e. The third kappa shape index (κ3) is 15.8. The average Bonchev–Trinajstić information content (AvgIpc) is 3.74. The number of nitrogens with two attached hydrogens (primary N) is 3. The van der Waals surface area contributed by atoms with Crippen molar-refractivity contribution in [3.8, 4) is 0 Å². The standard InChI is InChI=1S/C34H63N11O8/c1-42(2)16-7-5-11-23(35)29(49)40-24(12-6-8-17-43(3)4)30(50)41-25(13-9-15-38-34(36)37)32(52)44-18-10-14-26(44)33(53)45-21-22(46)19-27(45)31(51)39-20-28(47)48/h22-27,46H,5-21,35H2,1-4H3,(H,39,51)(H,40,49)(H,41,50)(H,47,48)(H4,36,37,38)/t22-,23+,24+,25+,26+,27+/m1/s1. The Hall–Kier alpha value is -4.07. The van der Waals surface area contributed by atoms with Crippen LogP contribution in [0.3, 0.4) is 0 Å². The Morgan fingerprint density at radius 2 is 1.43 bits per heavy atom. The molecule has 53 heavy (non-hydrogen) atoms. The van der Waals surface area contributed by atoms with Crippen molar-refractivity contribution in [2.24, 2.45) is 22.2 Å². The van der Waals surface area contributed by atoms with Crippen LogP contribution in [0, 0.1) is 0 Å². The molecule has 0 aromatic carbocycles. The van der Waals surface area contributed by atoms with Crippen LogP contribution in [0.25, 0.3) is 0 Å². The fourth-order valence-corrected chi connectivity index (χ4v) is 6.55. The van der Waals surface area contributed by atoms with Crippen LogP contribution >= 0.6 is 0 Å². The number of nitrogens with one attached hydrogen (secondary N) is 3. The number of aliphatic hydroxyl groups excluding tert-OH is 1. The van der Waals surface area contributed by atoms with Gasteiger partial charge >= 0.3 is 5.97 Å². The lowest BCUT2D eigenvalue weighted by Gasteiger charge is -2.33. The quantitative estimate of drug-likeness (QED) is 0.0293. The first-order valence-corrected chi connectivity index (χ1v) is 18.5. The summed E-state index contributed by atoms with van der Waals surface area (Å²) in [6, 6.07) is -4.99. The number of hydrogen-bond acceptors (Lipinski definition) is 11. The first-order chi connectivity index (χ1) is 25.0. The molecule has 0 unspecified atom stereocenters. The number of β-amino-alcohol motifs (C(OH)–C–C–N with tert-alkyl or cyclic N) is 1. The van der Waals surface area contributed by atoms with Crippen molar-refractivity contribution in [2.75, 3.05) is 67.5 Å². The highest BCUT2D eigenvalue weighted by molar-refractivity contribution is 5.96. The highest BCUT2D eigenvalue weighted by atomic mass is 16.4. The summed E-state index contributed by atoms with van der Waals surface area (Å²) < 4.78 is 0. The van der Waals surface area contributed by atoms with E-state index < -0.39 is 78.4 Å². The molecule has 6 atom stereocenters. The zero-order chi connectivity index (χ0) is 39.7. The van der Waals surface area contributed by atoms with E-state index in [1.807, 2.05) is 38.0 Å². The van der Waals surface area contributed by atoms with Gasteiger partial charge in [0.25, 0.3) is 0 Å². The van der Waals surface area contributed by atoms with E-state index in [2.05, 4.69) is 20.9 Å². The van der Waals surface area contributed by atoms with Gasteiger partial charge in [-0.2, -0.15) is 0 Å². The topological polar surface area (TPSA) is 282 Å². The Morgan fingerprint density at radius 1 is 0.830 bits per heavy atom. The van der Waals surface area contributed by atoms with Gasteiger partial charge in [0.2, 0.25) is 29.5 Å². The van der Waals surface area contributed by atoms with Crippen molar-refractivity contribution in [2.45, 2.75) is 107 Å². The maximum Gasteiger partial charge on any atom is 0.322 e. The number of aliphatic hydroxyl groups is 1. The molecule has 2 rings (SSSR count). The number of rotatable bonds is 23. The lowest BCUT2D eigenvalue weighted by Crippen LogP contribution is -2.58. The highest BCUT2D eigenvalue weighted by Crippen LogP contribution is 2.26. The molecule has 302 valence electrons. The predicted molar refractivity (Wildman–Crippen MR) is 198 cm³/mol. The predicted octanol–water partition coefficient (Wildman–Crippen LogP) is -3.05. The lowest BCUT2D eigenvalue weighted by atomic mass is 10.0. The SMILES string of the molecule is CN(C)CCCC[C@H](NC(=O)[C@@H](N)CCCCN(C)C)C(=O)N[C@@H](CCCN=C(N)N)C(=O)N1CCC[C@H]1C(=O)N1C[C@H](O)C[C@H]1C(=O)NCC(=O)O. The molecular weight excluding hydrogens is 690 g/mol. The van der Waals surface area contributed by atoms with E-state index in [4.69, 9.17) is 22.3 Å². The van der Waals surface area contributed by atoms with E-state index in [0.717, 1.165) is 32.4 Å². The second-order valence-electron chi connectivity index (χ2n) is 14.5. The van der Waals surface area contributed by atoms with Crippen LogP contribution in [0.4, 0.5) is 0 Å². The fraction of sp³-hybridized carbons (Fsp3) is 0.794. The minimum Gasteiger partial charge on any atom is -0.480 e. The van der Waals surface area contributed by atoms with E-state index in [0.29, 0.717) is 32.1 Å². The van der Waals surface area contributed by atoms with Crippen molar-refractivity contribution < 1.29 is 39.0 Å². The third-order valence-corrected chi connectivity index (χ3v) is 9.35. The van der Waals surface area contributed by atoms with Crippen molar-refractivity contribution in [3.63, 3.8) is 0 Å². The average molecular weight is 754 g/mol. The van der Waals surface area contributed by atoms with Gasteiger partial charge in [-0.3, -0.25) is 33.8 Å². The van der Waals surface area contributed by atoms with E-state index in [-0.39, 0.29) is 44.9 Å². The van der Waals surface area contributed by atoms with Gasteiger partial charge in [-0.1, -0.05) is 6.42 Å². The molecule has 2 aliphatic heterocycles. The number of likely N-dealkylation sites (tertiary alicyclic amines) is 2. The number of unbranched alkanes of at least 4 members (excludes halogenated alkanes) is 2. The summed E-state index contributed by atoms with van der Waals surface area (Å²) in [4.78, 5) is 89.6. The molecule has 0 aromatic rings. The molecule has 0 saturated carbocycles. The van der Waals surface area contributed by atoms with Crippen LogP contribution in [0.1, 0.15) is 70.6 Å². The zero-order valence-corrected chi connectivity index (χ0v) is 31.8. The van der Waals surface area contributed by atoms with Crippen LogP contribution in [0.5, 0.6) is 0 Å². The first-order valence-electron chi connectivity index (χ1n) is 18.5. The molecule has 0 radical (unpaired) electrons. The number of guanidine groups is 1. The van der Waals surface area contributed by atoms with E-state index in [9.17, 15) is 33.9 Å². The molecule has 0 aliphatic carbocycles. The summed E-state index contributed by atoms with van der Waals surface area (Å²) in [6.45, 7) is 1.21. The maximum atomic E-state index is 14.2. The first kappa shape index (κ1) is 45.1. The van der Waals surface area contributed by atoms with Crippen molar-refractivity contribution in [3.05, 3.63) is 0 Å². The molecule has 5 amide bonds. The Labute approximate surface area is 312 Å². The number of amides is 5. The number of carbonyl (C=O) groups excluding carboxylic acids is 5. The molecule has 2 saturated heterocycles. The Morgan fingerprint density at radius 3 is 2.04 bits per heavy atom. The maximum absolute atomic E-state index is 14.2. The largest absolute Gasteiger partial charge is 0.480 e. The van der Waals surface area contributed by atoms with E-state index in [1.165, 1.54) is 9.80 Å². The number of carbonyl (C=O) groups is 6. The van der Waals surface area contributed by atoms with Gasteiger partial charge in [0, 0.05) is 26.1 Å². The Kier molecular flexibility index (Phi) is 19.5. The molecule has 19 heteroatoms. The molecule has 2 aliphatic rings. The zero-order valence-electron chi connectivity index (χ0n) is 31.8. The highest BCUT2D eigenvalue weighted by Gasteiger charge is 2.45. The van der Waals surface area contributed by atoms with Crippen LogP contribution in [0.15, 0.2) is 4.99 Å². The number of aliphatic carboxylic acids is 1. The van der Waals surface area contributed by atoms with Crippen molar-refractivity contribution in [1.82, 2.24) is 35.6 Å². The molecule has 2 heterocycles. The molecule has 0 aromatic heterocycles. The summed E-state index contributed by atoms with van der Waals surface area (Å²) in [5.41, 5.74) is 17.2. The third-order valence-electron chi connectivity index (χ3n) is 9.35. The number of hydrogen-bond donors (Lipinski definition) is 8. The van der Waals surface area contributed by atoms with Gasteiger partial charge in [-0.25, -0.2) is 0 Å². The van der Waals surface area contributed by atoms with Crippen LogP contribution in [0.2, 0.25) is 0 Å². The second kappa shape index (κ2) is 22.9. The number of carboxylic acid groups (broad SMARTS) is 1. The normalized spacial score (nSPS) is 20.2. The monoisotopic (exact) mass is 753 g/mol. The van der Waals surface area contributed by atoms with Crippen molar-refractivity contribution in [1.29, 1.82) is 0 Å². The molecular formula is C34H63N11O8. The number of nitrogens with zero attached hydrogens (tertiary/aromatic N) is 5. The molecule has 19 nitrogen and oxygen atoms in total. The molecule has 11 N–H and O–H groups in total. The summed E-state index contributed by atoms with van der Waals surface area (Å²) in [7, 11) is 7.81. The van der Waals surface area contributed by atoms with Gasteiger partial charge < -0.3 is 63.0 Å². The van der Waals surface area contributed by atoms with Crippen LogP contribution < -0.4 is 33.2 Å². The summed E-state index contributed by atoms with van der Waals surface area (Å²) in [5, 5.41) is 27.2. The van der Waals surface area contributed by atoms with Gasteiger partial charge in [-0.15, -0.1) is 0 Å². The Bertz CT molecular complexity index is 1260. The number of aliphatic imine (C=N–C) groups is 1. The lowest BCUT2D eigenvalue weighted by molar-refractivity contribution is -0.148.